The normalized spacial score (nSPS) is 11.0. The van der Waals surface area contributed by atoms with E-state index in [0.29, 0.717) is 25.3 Å². The molecule has 0 bridgehead atoms. The van der Waals surface area contributed by atoms with Crippen molar-refractivity contribution >= 4 is 63.1 Å². The maximum absolute atomic E-state index is 13.5. The average molecular weight is 770 g/mol. The second-order valence-electron chi connectivity index (χ2n) is 9.32. The Morgan fingerprint density at radius 1 is 0.646 bits per heavy atom. The van der Waals surface area contributed by atoms with E-state index < -0.39 is 75.3 Å². The van der Waals surface area contributed by atoms with Gasteiger partial charge in [0.05, 0.1) is 39.9 Å². The number of halogens is 7. The zero-order valence-corrected chi connectivity index (χ0v) is 28.9. The van der Waals surface area contributed by atoms with Crippen LogP contribution in [0.5, 0.6) is 0 Å². The first-order valence-electron chi connectivity index (χ1n) is 13.6. The number of hydrogen-bond acceptors (Lipinski definition) is 8. The van der Waals surface area contributed by atoms with E-state index in [-0.39, 0.29) is 34.9 Å². The van der Waals surface area contributed by atoms with Gasteiger partial charge in [-0.15, -0.1) is 0 Å². The number of carbonyl (C=O) groups excluding carboxylic acids is 1. The monoisotopic (exact) mass is 769 g/mol. The summed E-state index contributed by atoms with van der Waals surface area (Å²) < 4.78 is 146. The third-order valence-electron chi connectivity index (χ3n) is 5.06. The molecule has 0 aliphatic carbocycles. The number of benzene rings is 3. The lowest BCUT2D eigenvalue weighted by molar-refractivity contribution is 0.111. The molecular weight excluding hydrogens is 736 g/mol. The zero-order valence-electron chi connectivity index (χ0n) is 25.7. The van der Waals surface area contributed by atoms with E-state index in [1.54, 1.807) is 20.8 Å². The number of sulfonamides is 2. The maximum Gasteiger partial charge on any atom is 0.232 e. The van der Waals surface area contributed by atoms with Crippen LogP contribution in [0.2, 0.25) is 0 Å². The van der Waals surface area contributed by atoms with Gasteiger partial charge < -0.3 is 5.73 Å². The van der Waals surface area contributed by atoms with Crippen LogP contribution in [0.1, 0.15) is 50.4 Å². The third kappa shape index (κ3) is 18.1. The van der Waals surface area contributed by atoms with Crippen molar-refractivity contribution in [1.82, 2.24) is 0 Å². The van der Waals surface area contributed by atoms with E-state index in [4.69, 9.17) is 16.4 Å². The molecule has 0 saturated carbocycles. The molecule has 0 spiro atoms. The smallest absolute Gasteiger partial charge is 0.232 e. The van der Waals surface area contributed by atoms with Gasteiger partial charge in [-0.05, 0) is 55.7 Å². The molecule has 0 saturated heterocycles. The second-order valence-corrected chi connectivity index (χ2v) is 15.9. The van der Waals surface area contributed by atoms with E-state index in [0.717, 1.165) is 36.4 Å². The molecule has 0 aliphatic heterocycles. The summed E-state index contributed by atoms with van der Waals surface area (Å²) in [7, 11) is -5.60. The van der Waals surface area contributed by atoms with Gasteiger partial charge in [-0.2, -0.15) is 0 Å². The SMILES string of the molecule is CCCS(=O)(=O)Cl.CCCS(=O)(=O)Nc1ccc(F)c(C=O)c1F.CCCS(=O)(=O)Nc1ccc(F)cc1F.Nc1ccc(F)cc1F. The molecule has 270 valence electrons. The summed E-state index contributed by atoms with van der Waals surface area (Å²) in [6, 6.07) is 7.48. The zero-order chi connectivity index (χ0) is 37.3. The minimum absolute atomic E-state index is 0.00227. The van der Waals surface area contributed by atoms with Crippen LogP contribution < -0.4 is 15.2 Å². The minimum atomic E-state index is -3.67. The fourth-order valence-electron chi connectivity index (χ4n) is 3.05. The van der Waals surface area contributed by atoms with Gasteiger partial charge in [0, 0.05) is 22.8 Å². The highest BCUT2D eigenvalue weighted by molar-refractivity contribution is 8.13. The first-order valence-corrected chi connectivity index (χ1v) is 19.4. The standard InChI is InChI=1S/C10H11F2NO3S.C9H11F2NO2S.C6H5F2N.C3H7ClO2S/c1-2-5-17(15,16)13-9-4-3-8(11)7(6-14)10(9)12;1-2-5-15(13,14)12-9-4-3-7(10)6-8(9)11;7-4-1-2-6(9)5(8)3-4;1-2-3-7(4,5)6/h3-4,6,13H,2,5H2,1H3;3-4,6,12H,2,5H2,1H3;1-3H,9H2;2-3H2,1H3. The highest BCUT2D eigenvalue weighted by Gasteiger charge is 2.17. The second kappa shape index (κ2) is 20.7. The molecule has 0 fully saturated rings. The summed E-state index contributed by atoms with van der Waals surface area (Å²) in [5, 5.41) is 0. The highest BCUT2D eigenvalue weighted by atomic mass is 35.7. The van der Waals surface area contributed by atoms with Crippen LogP contribution in [-0.2, 0) is 29.1 Å². The summed E-state index contributed by atoms with van der Waals surface area (Å²) in [5.74, 6) is -5.42. The van der Waals surface area contributed by atoms with Gasteiger partial charge in [0.2, 0.25) is 29.1 Å². The summed E-state index contributed by atoms with van der Waals surface area (Å²) >= 11 is 0. The number of nitrogen functional groups attached to an aromatic ring is 1. The number of rotatable bonds is 11. The van der Waals surface area contributed by atoms with Gasteiger partial charge >= 0.3 is 0 Å². The van der Waals surface area contributed by atoms with E-state index in [1.807, 2.05) is 9.44 Å². The number of carbonyl (C=O) groups is 1. The van der Waals surface area contributed by atoms with Crippen molar-refractivity contribution in [3.63, 3.8) is 0 Å². The van der Waals surface area contributed by atoms with Gasteiger partial charge in [-0.25, -0.2) is 51.6 Å². The van der Waals surface area contributed by atoms with E-state index in [9.17, 15) is 56.4 Å². The first kappa shape index (κ1) is 44.5. The fourth-order valence-corrected chi connectivity index (χ4v) is 6.27. The molecule has 10 nitrogen and oxygen atoms in total. The third-order valence-corrected chi connectivity index (χ3v) is 9.37. The lowest BCUT2D eigenvalue weighted by Gasteiger charge is -2.09. The van der Waals surface area contributed by atoms with E-state index >= 15 is 0 Å². The van der Waals surface area contributed by atoms with Crippen LogP contribution in [0.3, 0.4) is 0 Å². The van der Waals surface area contributed by atoms with Crippen molar-refractivity contribution in [1.29, 1.82) is 0 Å². The van der Waals surface area contributed by atoms with Crippen LogP contribution in [0.4, 0.5) is 43.4 Å². The van der Waals surface area contributed by atoms with Crippen molar-refractivity contribution in [2.45, 2.75) is 40.0 Å². The molecule has 4 N–H and O–H groups in total. The topological polar surface area (TPSA) is 170 Å². The molecule has 0 aliphatic rings. The molecule has 48 heavy (non-hydrogen) atoms. The van der Waals surface area contributed by atoms with Gasteiger partial charge in [0.1, 0.15) is 29.1 Å². The van der Waals surface area contributed by atoms with Crippen LogP contribution in [0, 0.1) is 34.9 Å². The van der Waals surface area contributed by atoms with Gasteiger partial charge in [0.25, 0.3) is 0 Å². The molecule has 20 heteroatoms. The Labute approximate surface area is 280 Å². The molecule has 3 rings (SSSR count). The predicted molar refractivity (Wildman–Crippen MR) is 174 cm³/mol. The number of hydrogen-bond donors (Lipinski definition) is 3. The Morgan fingerprint density at radius 2 is 1.08 bits per heavy atom. The minimum Gasteiger partial charge on any atom is -0.396 e. The summed E-state index contributed by atoms with van der Waals surface area (Å²) in [5.41, 5.74) is 3.57. The molecule has 3 aromatic rings. The Kier molecular flexibility index (Phi) is 19.2. The van der Waals surface area contributed by atoms with Gasteiger partial charge in [-0.1, -0.05) is 20.8 Å². The number of anilines is 3. The Bertz CT molecular complexity index is 1830. The molecule has 0 atom stereocenters. The molecule has 3 aromatic carbocycles. The lowest BCUT2D eigenvalue weighted by atomic mass is 10.2. The van der Waals surface area contributed by atoms with Crippen molar-refractivity contribution < 1.29 is 56.4 Å². The average Bonchev–Trinajstić information content (AvgIpc) is 2.95. The van der Waals surface area contributed by atoms with Crippen LogP contribution in [-0.4, -0.2) is 48.8 Å². The van der Waals surface area contributed by atoms with Crippen LogP contribution in [0.15, 0.2) is 48.5 Å². The number of aldehydes is 1. The molecule has 0 aromatic heterocycles. The fraction of sp³-hybridized carbons (Fsp3) is 0.321. The van der Waals surface area contributed by atoms with Crippen molar-refractivity contribution in [2.75, 3.05) is 32.4 Å². The van der Waals surface area contributed by atoms with E-state index in [1.165, 1.54) is 6.07 Å². The van der Waals surface area contributed by atoms with E-state index in [2.05, 4.69) is 0 Å². The Morgan fingerprint density at radius 3 is 1.46 bits per heavy atom. The van der Waals surface area contributed by atoms with Gasteiger partial charge in [0.15, 0.2) is 12.1 Å². The van der Waals surface area contributed by atoms with Gasteiger partial charge in [-0.3, -0.25) is 14.2 Å². The van der Waals surface area contributed by atoms with Crippen LogP contribution in [0.25, 0.3) is 0 Å². The molecular formula is C28H34ClF6N3O7S3. The largest absolute Gasteiger partial charge is 0.396 e. The summed E-state index contributed by atoms with van der Waals surface area (Å²) in [6.45, 7) is 5.11. The molecule has 0 amide bonds. The molecule has 0 heterocycles. The first-order chi connectivity index (χ1) is 22.1. The van der Waals surface area contributed by atoms with Crippen molar-refractivity contribution in [2.24, 2.45) is 0 Å². The number of nitrogens with one attached hydrogen (secondary N) is 2. The quantitative estimate of drug-likeness (QED) is 0.0853. The summed E-state index contributed by atoms with van der Waals surface area (Å²) in [4.78, 5) is 10.4. The van der Waals surface area contributed by atoms with Crippen molar-refractivity contribution in [3.05, 3.63) is 89.0 Å². The maximum atomic E-state index is 13.5. The molecule has 0 radical (unpaired) electrons. The predicted octanol–water partition coefficient (Wildman–Crippen LogP) is 6.56. The highest BCUT2D eigenvalue weighted by Crippen LogP contribution is 2.21. The summed E-state index contributed by atoms with van der Waals surface area (Å²) in [6.07, 6.45) is 1.38. The molecule has 0 unspecified atom stereocenters. The van der Waals surface area contributed by atoms with Crippen molar-refractivity contribution in [3.8, 4) is 0 Å². The van der Waals surface area contributed by atoms with Crippen LogP contribution >= 0.6 is 10.7 Å². The lowest BCUT2D eigenvalue weighted by Crippen LogP contribution is -2.17. The Balaban J connectivity index is 0.000000649. The Hall–Kier alpha value is -3.55. The number of nitrogens with two attached hydrogens (primary N) is 1.